The zero-order valence-corrected chi connectivity index (χ0v) is 12.1. The third-order valence-corrected chi connectivity index (χ3v) is 4.35. The molecule has 2 bridgehead atoms. The summed E-state index contributed by atoms with van der Waals surface area (Å²) in [5, 5.41) is 2.68. The van der Waals surface area contributed by atoms with E-state index in [0.717, 1.165) is 12.8 Å². The maximum atomic E-state index is 14.0. The topological polar surface area (TPSA) is 47.6 Å². The van der Waals surface area contributed by atoms with E-state index < -0.39 is 5.82 Å². The van der Waals surface area contributed by atoms with Crippen LogP contribution in [-0.4, -0.2) is 20.1 Å². The second-order valence-corrected chi connectivity index (χ2v) is 5.56. The lowest BCUT2D eigenvalue weighted by atomic mass is 9.93. The van der Waals surface area contributed by atoms with Crippen LogP contribution >= 0.6 is 0 Å². The smallest absolute Gasteiger partial charge is 0.228 e. The summed E-state index contributed by atoms with van der Waals surface area (Å²) in [6.07, 6.45) is 6.16. The van der Waals surface area contributed by atoms with Crippen molar-refractivity contribution in [3.8, 4) is 11.5 Å². The van der Waals surface area contributed by atoms with E-state index in [1.165, 1.54) is 26.4 Å². The maximum Gasteiger partial charge on any atom is 0.228 e. The van der Waals surface area contributed by atoms with E-state index in [2.05, 4.69) is 17.5 Å². The van der Waals surface area contributed by atoms with Gasteiger partial charge in [-0.3, -0.25) is 4.79 Å². The molecule has 1 saturated carbocycles. The largest absolute Gasteiger partial charge is 0.493 e. The molecule has 21 heavy (non-hydrogen) atoms. The maximum absolute atomic E-state index is 14.0. The van der Waals surface area contributed by atoms with E-state index in [0.29, 0.717) is 23.3 Å². The summed E-state index contributed by atoms with van der Waals surface area (Å²) in [6.45, 7) is 0. The number of rotatable bonds is 4. The van der Waals surface area contributed by atoms with Crippen LogP contribution in [0.5, 0.6) is 11.5 Å². The molecule has 112 valence electrons. The van der Waals surface area contributed by atoms with Gasteiger partial charge in [-0.05, 0) is 24.7 Å². The molecule has 0 saturated heterocycles. The van der Waals surface area contributed by atoms with E-state index in [1.54, 1.807) is 0 Å². The predicted molar refractivity (Wildman–Crippen MR) is 77.0 cm³/mol. The Kier molecular flexibility index (Phi) is 3.57. The summed E-state index contributed by atoms with van der Waals surface area (Å²) in [6, 6.07) is 2.67. The average molecular weight is 291 g/mol. The summed E-state index contributed by atoms with van der Waals surface area (Å²) < 4.78 is 24.2. The number of fused-ring (bicyclic) bond motifs is 2. The van der Waals surface area contributed by atoms with Crippen LogP contribution in [0, 0.1) is 23.6 Å². The third kappa shape index (κ3) is 2.48. The molecule has 0 spiro atoms. The van der Waals surface area contributed by atoms with E-state index >= 15 is 0 Å². The molecule has 0 heterocycles. The molecule has 2 aliphatic rings. The lowest BCUT2D eigenvalue weighted by Crippen LogP contribution is -2.26. The highest BCUT2D eigenvalue weighted by Crippen LogP contribution is 2.44. The van der Waals surface area contributed by atoms with Crippen molar-refractivity contribution in [2.45, 2.75) is 12.8 Å². The lowest BCUT2D eigenvalue weighted by Gasteiger charge is -2.18. The molecule has 1 aromatic rings. The Morgan fingerprint density at radius 3 is 2.48 bits per heavy atom. The van der Waals surface area contributed by atoms with Gasteiger partial charge in [0.2, 0.25) is 5.91 Å². The first-order valence-corrected chi connectivity index (χ1v) is 7.03. The molecular formula is C16H18FNO3. The Balaban J connectivity index is 1.78. The molecule has 5 heteroatoms. The number of hydrogen-bond acceptors (Lipinski definition) is 3. The van der Waals surface area contributed by atoms with Crippen LogP contribution in [0.2, 0.25) is 0 Å². The summed E-state index contributed by atoms with van der Waals surface area (Å²) in [5.41, 5.74) is 0.129. The fourth-order valence-electron chi connectivity index (χ4n) is 3.26. The molecular weight excluding hydrogens is 273 g/mol. The normalized spacial score (nSPS) is 26.0. The molecule has 0 radical (unpaired) electrons. The van der Waals surface area contributed by atoms with Crippen LogP contribution in [-0.2, 0) is 4.79 Å². The van der Waals surface area contributed by atoms with Gasteiger partial charge in [0.1, 0.15) is 0 Å². The molecule has 1 amide bonds. The number of hydrogen-bond donors (Lipinski definition) is 1. The first kappa shape index (κ1) is 13.9. The van der Waals surface area contributed by atoms with Crippen molar-refractivity contribution in [2.75, 3.05) is 19.5 Å². The van der Waals surface area contributed by atoms with Crippen molar-refractivity contribution < 1.29 is 18.7 Å². The number of ether oxygens (including phenoxy) is 2. The van der Waals surface area contributed by atoms with Crippen molar-refractivity contribution in [1.29, 1.82) is 0 Å². The number of carbonyl (C=O) groups is 1. The number of halogens is 1. The standard InChI is InChI=1S/C16H18FNO3/c1-20-14-7-12(17)13(8-15(14)21-2)18-16(19)11-6-9-3-4-10(11)5-9/h3-4,7-11H,5-6H2,1-2H3,(H,18,19)/t9-,10-,11+/m0/s1. The van der Waals surface area contributed by atoms with Crippen LogP contribution in [0.3, 0.4) is 0 Å². The molecule has 0 aliphatic heterocycles. The summed E-state index contributed by atoms with van der Waals surface area (Å²) in [4.78, 5) is 12.3. The van der Waals surface area contributed by atoms with E-state index in [-0.39, 0.29) is 17.5 Å². The van der Waals surface area contributed by atoms with Gasteiger partial charge in [-0.25, -0.2) is 4.39 Å². The van der Waals surface area contributed by atoms with Crippen molar-refractivity contribution >= 4 is 11.6 Å². The molecule has 0 unspecified atom stereocenters. The Hall–Kier alpha value is -2.04. The number of amides is 1. The number of carbonyl (C=O) groups excluding carboxylic acids is 1. The molecule has 3 rings (SSSR count). The fraction of sp³-hybridized carbons (Fsp3) is 0.438. The van der Waals surface area contributed by atoms with Gasteiger partial charge in [0.25, 0.3) is 0 Å². The van der Waals surface area contributed by atoms with Crippen molar-refractivity contribution in [3.63, 3.8) is 0 Å². The van der Waals surface area contributed by atoms with Crippen LogP contribution in [0.4, 0.5) is 10.1 Å². The molecule has 1 N–H and O–H groups in total. The van der Waals surface area contributed by atoms with Gasteiger partial charge in [0.05, 0.1) is 19.9 Å². The minimum absolute atomic E-state index is 0.0625. The first-order chi connectivity index (χ1) is 10.1. The Bertz CT molecular complexity index is 599. The molecule has 0 aromatic heterocycles. The Morgan fingerprint density at radius 2 is 1.90 bits per heavy atom. The third-order valence-electron chi connectivity index (χ3n) is 4.35. The van der Waals surface area contributed by atoms with E-state index in [4.69, 9.17) is 9.47 Å². The summed E-state index contributed by atoms with van der Waals surface area (Å²) in [7, 11) is 2.92. The monoisotopic (exact) mass is 291 g/mol. The quantitative estimate of drug-likeness (QED) is 0.868. The van der Waals surface area contributed by atoms with Crippen LogP contribution in [0.25, 0.3) is 0 Å². The number of allylic oxidation sites excluding steroid dienone is 2. The Morgan fingerprint density at radius 1 is 1.19 bits per heavy atom. The predicted octanol–water partition coefficient (Wildman–Crippen LogP) is 2.99. The van der Waals surface area contributed by atoms with Gasteiger partial charge in [-0.1, -0.05) is 12.2 Å². The van der Waals surface area contributed by atoms with Gasteiger partial charge in [-0.15, -0.1) is 0 Å². The van der Waals surface area contributed by atoms with Gasteiger partial charge in [0.15, 0.2) is 17.3 Å². The second-order valence-electron chi connectivity index (χ2n) is 5.56. The van der Waals surface area contributed by atoms with E-state index in [1.807, 2.05) is 0 Å². The van der Waals surface area contributed by atoms with E-state index in [9.17, 15) is 9.18 Å². The highest BCUT2D eigenvalue weighted by atomic mass is 19.1. The number of methoxy groups -OCH3 is 2. The minimum Gasteiger partial charge on any atom is -0.493 e. The number of benzene rings is 1. The van der Waals surface area contributed by atoms with Crippen LogP contribution in [0.15, 0.2) is 24.3 Å². The molecule has 2 aliphatic carbocycles. The molecule has 4 nitrogen and oxygen atoms in total. The molecule has 1 aromatic carbocycles. The van der Waals surface area contributed by atoms with Crippen LogP contribution in [0.1, 0.15) is 12.8 Å². The highest BCUT2D eigenvalue weighted by Gasteiger charge is 2.39. The van der Waals surface area contributed by atoms with Gasteiger partial charge in [0, 0.05) is 18.1 Å². The Labute approximate surface area is 122 Å². The second kappa shape index (κ2) is 5.39. The zero-order chi connectivity index (χ0) is 15.0. The lowest BCUT2D eigenvalue weighted by molar-refractivity contribution is -0.120. The van der Waals surface area contributed by atoms with Gasteiger partial charge in [-0.2, -0.15) is 0 Å². The summed E-state index contributed by atoms with van der Waals surface area (Å²) in [5.74, 6) is 0.766. The summed E-state index contributed by atoms with van der Waals surface area (Å²) >= 11 is 0. The van der Waals surface area contributed by atoms with Crippen LogP contribution < -0.4 is 14.8 Å². The molecule has 3 atom stereocenters. The van der Waals surface area contributed by atoms with Crippen molar-refractivity contribution in [3.05, 3.63) is 30.1 Å². The van der Waals surface area contributed by atoms with Gasteiger partial charge < -0.3 is 14.8 Å². The minimum atomic E-state index is -0.528. The van der Waals surface area contributed by atoms with Gasteiger partial charge >= 0.3 is 0 Å². The zero-order valence-electron chi connectivity index (χ0n) is 12.1. The SMILES string of the molecule is COc1cc(F)c(NC(=O)[C@@H]2C[C@H]3C=C[C@H]2C3)cc1OC. The van der Waals surface area contributed by atoms with Crippen molar-refractivity contribution in [2.24, 2.45) is 17.8 Å². The fourth-order valence-corrected chi connectivity index (χ4v) is 3.26. The van der Waals surface area contributed by atoms with Crippen molar-refractivity contribution in [1.82, 2.24) is 0 Å². The first-order valence-electron chi connectivity index (χ1n) is 7.03. The average Bonchev–Trinajstić information content (AvgIpc) is 3.11. The number of nitrogens with one attached hydrogen (secondary N) is 1. The highest BCUT2D eigenvalue weighted by molar-refractivity contribution is 5.93. The molecule has 1 fully saturated rings. The number of anilines is 1.